The number of hydrogen-bond acceptors (Lipinski definition) is 10. The Labute approximate surface area is 283 Å². The van der Waals surface area contributed by atoms with Gasteiger partial charge in [-0.25, -0.2) is 9.97 Å². The average Bonchev–Trinajstić information content (AvgIpc) is 3.71. The largest absolute Gasteiger partial charge is 0.480 e. The second-order valence-electron chi connectivity index (χ2n) is 11.7. The topological polar surface area (TPSA) is 143 Å². The lowest BCUT2D eigenvalue weighted by molar-refractivity contribution is -0.119. The summed E-state index contributed by atoms with van der Waals surface area (Å²) in [4.78, 5) is 30.2. The Morgan fingerprint density at radius 1 is 0.851 bits per heavy atom. The van der Waals surface area contributed by atoms with Crippen molar-refractivity contribution in [2.75, 3.05) is 20.8 Å². The summed E-state index contributed by atoms with van der Waals surface area (Å²) in [6, 6.07) is 11.7. The molecule has 246 valence electrons. The molecule has 1 saturated carbocycles. The van der Waals surface area contributed by atoms with Gasteiger partial charge in [-0.3, -0.25) is 14.8 Å². The second-order valence-corrected chi connectivity index (χ2v) is 12.5. The Morgan fingerprint density at radius 2 is 1.43 bits per heavy atom. The lowest BCUT2D eigenvalue weighted by Crippen LogP contribution is -2.35. The number of aliphatic hydroxyl groups excluding tert-OH is 1. The number of benzene rings is 2. The first-order chi connectivity index (χ1) is 22.8. The van der Waals surface area contributed by atoms with Crippen LogP contribution in [0.3, 0.4) is 0 Å². The quantitative estimate of drug-likeness (QED) is 0.162. The molecule has 2 aromatic carbocycles. The monoisotopic (exact) mass is 677 g/mol. The second kappa shape index (κ2) is 14.9. The molecule has 0 bridgehead atoms. The molecule has 13 heteroatoms. The molecule has 47 heavy (non-hydrogen) atoms. The molecule has 2 aliphatic rings. The van der Waals surface area contributed by atoms with Gasteiger partial charge in [0, 0.05) is 60.4 Å². The number of carbonyl (C=O) groups excluding carboxylic acids is 1. The van der Waals surface area contributed by atoms with Gasteiger partial charge in [0.15, 0.2) is 0 Å². The number of hydrogen-bond donors (Lipinski definition) is 4. The zero-order chi connectivity index (χ0) is 32.9. The normalized spacial score (nSPS) is 19.2. The summed E-state index contributed by atoms with van der Waals surface area (Å²) in [6.07, 6.45) is 6.93. The van der Waals surface area contributed by atoms with Crippen LogP contribution < -0.4 is 25.4 Å². The lowest BCUT2D eigenvalue weighted by Gasteiger charge is -2.16. The van der Waals surface area contributed by atoms with Gasteiger partial charge in [-0.05, 0) is 25.7 Å². The van der Waals surface area contributed by atoms with Gasteiger partial charge in [0.2, 0.25) is 17.7 Å². The van der Waals surface area contributed by atoms with Crippen molar-refractivity contribution in [3.8, 4) is 45.4 Å². The Balaban J connectivity index is 1.22. The van der Waals surface area contributed by atoms with E-state index in [-0.39, 0.29) is 24.1 Å². The fourth-order valence-corrected chi connectivity index (χ4v) is 6.73. The molecule has 0 unspecified atom stereocenters. The van der Waals surface area contributed by atoms with Gasteiger partial charge in [0.1, 0.15) is 11.4 Å². The number of rotatable bonds is 12. The van der Waals surface area contributed by atoms with Gasteiger partial charge in [-0.2, -0.15) is 0 Å². The summed E-state index contributed by atoms with van der Waals surface area (Å²) in [5, 5.41) is 20.5. The molecule has 0 spiro atoms. The van der Waals surface area contributed by atoms with Crippen LogP contribution in [-0.4, -0.2) is 69.9 Å². The summed E-state index contributed by atoms with van der Waals surface area (Å²) >= 11 is 14.1. The van der Waals surface area contributed by atoms with E-state index < -0.39 is 0 Å². The molecule has 3 atom stereocenters. The third-order valence-electron chi connectivity index (χ3n) is 8.58. The van der Waals surface area contributed by atoms with Crippen molar-refractivity contribution in [3.63, 3.8) is 0 Å². The fourth-order valence-electron chi connectivity index (χ4n) is 6.08. The first-order valence-electron chi connectivity index (χ1n) is 15.6. The molecule has 2 aromatic heterocycles. The van der Waals surface area contributed by atoms with Crippen LogP contribution in [0.1, 0.15) is 43.5 Å². The van der Waals surface area contributed by atoms with Crippen LogP contribution in [0.15, 0.2) is 48.8 Å². The number of nitrogens with one attached hydrogen (secondary N) is 3. The molecule has 3 heterocycles. The molecule has 11 nitrogen and oxygen atoms in total. The van der Waals surface area contributed by atoms with E-state index in [1.807, 2.05) is 36.4 Å². The SMILES string of the molecule is COc1nc(-c2cccc(-c3cccc(-c4cnc(CN[C@@H]5CC[C@H](O)C5)c(OC)n4)c3Cl)c2Cl)cnc1CNC[C@@H]1CCC(=O)N1. The van der Waals surface area contributed by atoms with Gasteiger partial charge in [0.25, 0.3) is 0 Å². The Bertz CT molecular complexity index is 1760. The van der Waals surface area contributed by atoms with E-state index >= 15 is 0 Å². The molecule has 1 aliphatic carbocycles. The summed E-state index contributed by atoms with van der Waals surface area (Å²) < 4.78 is 11.2. The average molecular weight is 679 g/mol. The van der Waals surface area contributed by atoms with Crippen LogP contribution in [0.2, 0.25) is 10.0 Å². The third kappa shape index (κ3) is 7.50. The fraction of sp³-hybridized carbons (Fsp3) is 0.382. The van der Waals surface area contributed by atoms with Crippen molar-refractivity contribution < 1.29 is 19.4 Å². The molecule has 1 amide bonds. The predicted molar refractivity (Wildman–Crippen MR) is 180 cm³/mol. The lowest BCUT2D eigenvalue weighted by atomic mass is 9.98. The van der Waals surface area contributed by atoms with Crippen LogP contribution in [0.5, 0.6) is 11.8 Å². The van der Waals surface area contributed by atoms with E-state index in [2.05, 4.69) is 25.9 Å². The molecule has 4 N–H and O–H groups in total. The van der Waals surface area contributed by atoms with E-state index in [0.29, 0.717) is 81.8 Å². The number of carbonyl (C=O) groups is 1. The van der Waals surface area contributed by atoms with Crippen molar-refractivity contribution in [2.24, 2.45) is 0 Å². The van der Waals surface area contributed by atoms with E-state index in [9.17, 15) is 9.90 Å². The molecule has 1 aliphatic heterocycles. The summed E-state index contributed by atoms with van der Waals surface area (Å²) in [5.74, 6) is 0.879. The molecular formula is C34H37Cl2N7O4. The third-order valence-corrected chi connectivity index (χ3v) is 9.39. The van der Waals surface area contributed by atoms with Gasteiger partial charge >= 0.3 is 0 Å². The van der Waals surface area contributed by atoms with Crippen molar-refractivity contribution in [2.45, 2.75) is 63.4 Å². The minimum atomic E-state index is -0.255. The van der Waals surface area contributed by atoms with Crippen LogP contribution in [0.4, 0.5) is 0 Å². The van der Waals surface area contributed by atoms with Gasteiger partial charge in [0.05, 0.1) is 54.2 Å². The summed E-state index contributed by atoms with van der Waals surface area (Å²) in [7, 11) is 3.12. The highest BCUT2D eigenvalue weighted by molar-refractivity contribution is 6.39. The number of ether oxygens (including phenoxy) is 2. The van der Waals surface area contributed by atoms with Crippen LogP contribution >= 0.6 is 23.2 Å². The van der Waals surface area contributed by atoms with Gasteiger partial charge in [-0.15, -0.1) is 0 Å². The maximum absolute atomic E-state index is 11.5. The summed E-state index contributed by atoms with van der Waals surface area (Å²) in [5.41, 5.74) is 5.27. The highest BCUT2D eigenvalue weighted by atomic mass is 35.5. The van der Waals surface area contributed by atoms with Crippen molar-refractivity contribution in [1.29, 1.82) is 0 Å². The van der Waals surface area contributed by atoms with Gasteiger partial charge in [-0.1, -0.05) is 59.6 Å². The zero-order valence-corrected chi connectivity index (χ0v) is 27.7. The minimum Gasteiger partial charge on any atom is -0.480 e. The standard InChI is InChI=1S/C34H37Cl2N7O4/c1-46-33-28(15-37-14-20-10-12-30(45)41-20)39-16-26(42-33)24-7-3-5-22(31(24)35)23-6-4-8-25(32(23)36)27-17-40-29(34(43-27)47-2)18-38-19-9-11-21(44)13-19/h3-8,16-17,19-21,37-38,44H,9-15,18H2,1-2H3,(H,41,45)/t19-,20+,21+/m1/s1. The molecule has 4 aromatic rings. The number of aliphatic hydroxyl groups is 1. The van der Waals surface area contributed by atoms with E-state index in [1.165, 1.54) is 0 Å². The number of nitrogens with zero attached hydrogens (tertiary/aromatic N) is 4. The van der Waals surface area contributed by atoms with Crippen molar-refractivity contribution in [3.05, 3.63) is 70.2 Å². The van der Waals surface area contributed by atoms with E-state index in [0.717, 1.165) is 36.8 Å². The maximum Gasteiger partial charge on any atom is 0.237 e. The number of halogens is 2. The Morgan fingerprint density at radius 3 is 1.94 bits per heavy atom. The van der Waals surface area contributed by atoms with E-state index in [1.54, 1.807) is 26.6 Å². The van der Waals surface area contributed by atoms with E-state index in [4.69, 9.17) is 42.6 Å². The number of amides is 1. The van der Waals surface area contributed by atoms with Crippen LogP contribution in [0.25, 0.3) is 33.6 Å². The van der Waals surface area contributed by atoms with Crippen molar-refractivity contribution >= 4 is 29.1 Å². The predicted octanol–water partition coefficient (Wildman–Crippen LogP) is 4.96. The minimum absolute atomic E-state index is 0.0827. The molecule has 1 saturated heterocycles. The first-order valence-corrected chi connectivity index (χ1v) is 16.4. The maximum atomic E-state index is 11.5. The van der Waals surface area contributed by atoms with Gasteiger partial charge < -0.3 is 30.5 Å². The summed E-state index contributed by atoms with van der Waals surface area (Å²) in [6.45, 7) is 1.56. The van der Waals surface area contributed by atoms with Crippen LogP contribution in [0, 0.1) is 0 Å². The number of aromatic nitrogens is 4. The first kappa shape index (κ1) is 33.0. The highest BCUT2D eigenvalue weighted by Gasteiger charge is 2.24. The molecule has 0 radical (unpaired) electrons. The highest BCUT2D eigenvalue weighted by Crippen LogP contribution is 2.42. The van der Waals surface area contributed by atoms with Crippen LogP contribution in [-0.2, 0) is 17.9 Å². The van der Waals surface area contributed by atoms with Crippen molar-refractivity contribution in [1.82, 2.24) is 35.9 Å². The number of methoxy groups -OCH3 is 2. The Kier molecular flexibility index (Phi) is 10.5. The molecule has 6 rings (SSSR count). The molecule has 2 fully saturated rings. The zero-order valence-electron chi connectivity index (χ0n) is 26.2. The smallest absolute Gasteiger partial charge is 0.237 e. The Hall–Kier alpha value is -3.87. The molecular weight excluding hydrogens is 641 g/mol.